The predicted molar refractivity (Wildman–Crippen MR) is 98.5 cm³/mol. The van der Waals surface area contributed by atoms with E-state index in [0.717, 1.165) is 0 Å². The van der Waals surface area contributed by atoms with Crippen LogP contribution in [0.5, 0.6) is 0 Å². The van der Waals surface area contributed by atoms with Crippen molar-refractivity contribution in [3.05, 3.63) is 35.6 Å². The van der Waals surface area contributed by atoms with Crippen molar-refractivity contribution in [1.29, 1.82) is 0 Å². The molecule has 0 aliphatic carbocycles. The molecule has 0 spiro atoms. The molecule has 7 heteroatoms. The Labute approximate surface area is 158 Å². The summed E-state index contributed by atoms with van der Waals surface area (Å²) in [4.78, 5) is 26.6. The molecule has 0 radical (unpaired) electrons. The molecule has 0 saturated carbocycles. The van der Waals surface area contributed by atoms with Crippen LogP contribution in [0.4, 0.5) is 4.39 Å². The van der Waals surface area contributed by atoms with E-state index in [1.165, 1.54) is 6.07 Å². The number of rotatable bonds is 5. The molecule has 2 aliphatic rings. The van der Waals surface area contributed by atoms with Crippen LogP contribution in [0.1, 0.15) is 24.8 Å². The molecule has 3 rings (SSSR count). The molecule has 1 aromatic carbocycles. The lowest BCUT2D eigenvalue weighted by atomic mass is 9.95. The number of halogens is 2. The molecule has 2 unspecified atom stereocenters. The highest BCUT2D eigenvalue weighted by Crippen LogP contribution is 2.21. The zero-order valence-electron chi connectivity index (χ0n) is 14.7. The topological polar surface area (TPSA) is 61.4 Å². The van der Waals surface area contributed by atoms with Crippen molar-refractivity contribution < 1.29 is 14.0 Å². The average molecular weight is 382 g/mol. The van der Waals surface area contributed by atoms with Gasteiger partial charge in [0.1, 0.15) is 5.82 Å². The summed E-state index contributed by atoms with van der Waals surface area (Å²) in [5.41, 5.74) is 0.606. The molecule has 26 heavy (non-hydrogen) atoms. The van der Waals surface area contributed by atoms with E-state index in [1.54, 1.807) is 18.2 Å². The summed E-state index contributed by atoms with van der Waals surface area (Å²) in [6.45, 7) is 2.27. The van der Waals surface area contributed by atoms with Crippen LogP contribution in [0.2, 0.25) is 0 Å². The van der Waals surface area contributed by atoms with Gasteiger partial charge in [-0.2, -0.15) is 0 Å². The molecular weight excluding hydrogens is 357 g/mol. The van der Waals surface area contributed by atoms with Crippen LogP contribution in [0.3, 0.4) is 0 Å². The van der Waals surface area contributed by atoms with Gasteiger partial charge in [0.25, 0.3) is 0 Å². The van der Waals surface area contributed by atoms with E-state index in [4.69, 9.17) is 11.6 Å². The molecule has 2 atom stereocenters. The molecule has 5 nitrogen and oxygen atoms in total. The van der Waals surface area contributed by atoms with Gasteiger partial charge in [0.15, 0.2) is 0 Å². The van der Waals surface area contributed by atoms with Gasteiger partial charge in [-0.05, 0) is 37.3 Å². The molecule has 0 bridgehead atoms. The Morgan fingerprint density at radius 2 is 2.00 bits per heavy atom. The minimum absolute atomic E-state index is 0.00625. The summed E-state index contributed by atoms with van der Waals surface area (Å²) in [5.74, 6) is -0.245. The SMILES string of the molecule is O=C(NCCc1ccccc1F)C1CCN(C(=O)C2CC(Cl)CN2)CC1. The fourth-order valence-electron chi connectivity index (χ4n) is 3.63. The highest BCUT2D eigenvalue weighted by molar-refractivity contribution is 6.21. The number of nitrogens with zero attached hydrogens (tertiary/aromatic N) is 1. The first-order valence-corrected chi connectivity index (χ1v) is 9.65. The number of amides is 2. The van der Waals surface area contributed by atoms with E-state index >= 15 is 0 Å². The molecule has 0 aromatic heterocycles. The average Bonchev–Trinajstić information content (AvgIpc) is 3.09. The van der Waals surface area contributed by atoms with Crippen molar-refractivity contribution in [2.24, 2.45) is 5.92 Å². The van der Waals surface area contributed by atoms with Crippen LogP contribution >= 0.6 is 11.6 Å². The van der Waals surface area contributed by atoms with E-state index in [-0.39, 0.29) is 35.0 Å². The van der Waals surface area contributed by atoms with Gasteiger partial charge in [-0.15, -0.1) is 11.6 Å². The quantitative estimate of drug-likeness (QED) is 0.763. The molecule has 2 amide bonds. The summed E-state index contributed by atoms with van der Waals surface area (Å²) in [7, 11) is 0. The van der Waals surface area contributed by atoms with Crippen molar-refractivity contribution in [2.75, 3.05) is 26.2 Å². The molecule has 142 valence electrons. The molecule has 2 fully saturated rings. The number of hydrogen-bond donors (Lipinski definition) is 2. The molecule has 2 heterocycles. The molecular formula is C19H25ClFN3O2. The van der Waals surface area contributed by atoms with E-state index in [2.05, 4.69) is 10.6 Å². The molecule has 2 saturated heterocycles. The van der Waals surface area contributed by atoms with Crippen molar-refractivity contribution in [3.8, 4) is 0 Å². The third kappa shape index (κ3) is 4.74. The highest BCUT2D eigenvalue weighted by atomic mass is 35.5. The van der Waals surface area contributed by atoms with Gasteiger partial charge < -0.3 is 15.5 Å². The number of carbonyl (C=O) groups excluding carboxylic acids is 2. The summed E-state index contributed by atoms with van der Waals surface area (Å²) in [5, 5.41) is 6.06. The molecule has 1 aromatic rings. The van der Waals surface area contributed by atoms with Gasteiger partial charge in [0.2, 0.25) is 11.8 Å². The number of carbonyl (C=O) groups is 2. The maximum absolute atomic E-state index is 13.6. The lowest BCUT2D eigenvalue weighted by Crippen LogP contribution is -2.48. The summed E-state index contributed by atoms with van der Waals surface area (Å²) < 4.78 is 13.6. The minimum atomic E-state index is -0.242. The second kappa shape index (κ2) is 8.82. The Morgan fingerprint density at radius 3 is 2.65 bits per heavy atom. The minimum Gasteiger partial charge on any atom is -0.356 e. The first kappa shape index (κ1) is 19.1. The van der Waals surface area contributed by atoms with Gasteiger partial charge in [-0.25, -0.2) is 4.39 Å². The van der Waals surface area contributed by atoms with E-state index in [1.807, 2.05) is 4.90 Å². The third-order valence-electron chi connectivity index (χ3n) is 5.20. The Kier molecular flexibility index (Phi) is 6.48. The van der Waals surface area contributed by atoms with E-state index in [0.29, 0.717) is 57.4 Å². The molecule has 2 N–H and O–H groups in total. The van der Waals surface area contributed by atoms with E-state index < -0.39 is 0 Å². The van der Waals surface area contributed by atoms with Crippen LogP contribution in [-0.4, -0.2) is 54.3 Å². The van der Waals surface area contributed by atoms with Crippen molar-refractivity contribution in [3.63, 3.8) is 0 Å². The van der Waals surface area contributed by atoms with Gasteiger partial charge in [0.05, 0.1) is 6.04 Å². The van der Waals surface area contributed by atoms with Gasteiger partial charge >= 0.3 is 0 Å². The van der Waals surface area contributed by atoms with Crippen LogP contribution in [0.15, 0.2) is 24.3 Å². The lowest BCUT2D eigenvalue weighted by molar-refractivity contribution is -0.137. The number of benzene rings is 1. The Bertz CT molecular complexity index is 649. The number of alkyl halides is 1. The van der Waals surface area contributed by atoms with Crippen LogP contribution in [-0.2, 0) is 16.0 Å². The number of likely N-dealkylation sites (tertiary alicyclic amines) is 1. The molecule has 2 aliphatic heterocycles. The fraction of sp³-hybridized carbons (Fsp3) is 0.579. The van der Waals surface area contributed by atoms with Gasteiger partial charge in [-0.1, -0.05) is 18.2 Å². The lowest BCUT2D eigenvalue weighted by Gasteiger charge is -2.33. The number of nitrogens with one attached hydrogen (secondary N) is 2. The predicted octanol–water partition coefficient (Wildman–Crippen LogP) is 1.69. The van der Waals surface area contributed by atoms with Crippen LogP contribution in [0, 0.1) is 11.7 Å². The third-order valence-corrected chi connectivity index (χ3v) is 5.54. The standard InChI is InChI=1S/C19H25ClFN3O2/c20-15-11-17(23-12-15)19(26)24-9-6-14(7-10-24)18(25)22-8-5-13-3-1-2-4-16(13)21/h1-4,14-15,17,23H,5-12H2,(H,22,25). The maximum Gasteiger partial charge on any atom is 0.239 e. The fourth-order valence-corrected chi connectivity index (χ4v) is 3.90. The Balaban J connectivity index is 1.39. The monoisotopic (exact) mass is 381 g/mol. The zero-order chi connectivity index (χ0) is 18.5. The van der Waals surface area contributed by atoms with Crippen molar-refractivity contribution >= 4 is 23.4 Å². The largest absolute Gasteiger partial charge is 0.356 e. The van der Waals surface area contributed by atoms with Crippen LogP contribution < -0.4 is 10.6 Å². The maximum atomic E-state index is 13.6. The van der Waals surface area contributed by atoms with Crippen LogP contribution in [0.25, 0.3) is 0 Å². The smallest absolute Gasteiger partial charge is 0.239 e. The first-order valence-electron chi connectivity index (χ1n) is 9.22. The Morgan fingerprint density at radius 1 is 1.27 bits per heavy atom. The first-order chi connectivity index (χ1) is 12.5. The van der Waals surface area contributed by atoms with Gasteiger partial charge in [-0.3, -0.25) is 9.59 Å². The van der Waals surface area contributed by atoms with Crippen molar-refractivity contribution in [2.45, 2.75) is 37.1 Å². The Hall–Kier alpha value is -1.66. The van der Waals surface area contributed by atoms with E-state index in [9.17, 15) is 14.0 Å². The number of hydrogen-bond acceptors (Lipinski definition) is 3. The van der Waals surface area contributed by atoms with Gasteiger partial charge in [0, 0.05) is 37.5 Å². The summed E-state index contributed by atoms with van der Waals surface area (Å²) in [6.07, 6.45) is 2.46. The number of piperidine rings is 1. The normalized spacial score (nSPS) is 23.8. The second-order valence-electron chi connectivity index (χ2n) is 7.03. The zero-order valence-corrected chi connectivity index (χ0v) is 15.5. The highest BCUT2D eigenvalue weighted by Gasteiger charge is 2.34. The van der Waals surface area contributed by atoms with Crippen molar-refractivity contribution in [1.82, 2.24) is 15.5 Å². The second-order valence-corrected chi connectivity index (χ2v) is 7.64. The summed E-state index contributed by atoms with van der Waals surface area (Å²) >= 11 is 6.05. The summed E-state index contributed by atoms with van der Waals surface area (Å²) in [6, 6.07) is 6.41.